The third-order valence-corrected chi connectivity index (χ3v) is 7.75. The SMILES string of the molecule is [C-]#[N+]c1cc2c3c(cnc2c2ccccc12)C1(CCCC1)C(=O)C31CCCC1. The van der Waals surface area contributed by atoms with Gasteiger partial charge in [0.15, 0.2) is 11.5 Å². The summed E-state index contributed by atoms with van der Waals surface area (Å²) in [7, 11) is 0. The van der Waals surface area contributed by atoms with Gasteiger partial charge in [-0.2, -0.15) is 0 Å². The summed E-state index contributed by atoms with van der Waals surface area (Å²) in [6.07, 6.45) is 10.4. The van der Waals surface area contributed by atoms with Crippen LogP contribution in [-0.4, -0.2) is 10.8 Å². The van der Waals surface area contributed by atoms with E-state index in [1.165, 1.54) is 11.1 Å². The van der Waals surface area contributed by atoms with Gasteiger partial charge in [-0.05, 0) is 59.0 Å². The molecule has 0 aliphatic heterocycles. The van der Waals surface area contributed by atoms with Crippen molar-refractivity contribution in [2.75, 3.05) is 0 Å². The topological polar surface area (TPSA) is 34.3 Å². The number of hydrogen-bond acceptors (Lipinski definition) is 2. The van der Waals surface area contributed by atoms with Gasteiger partial charge in [-0.1, -0.05) is 49.9 Å². The maximum atomic E-state index is 14.0. The minimum Gasteiger partial charge on any atom is -0.298 e. The fourth-order valence-electron chi connectivity index (χ4n) is 6.60. The molecule has 2 fully saturated rings. The lowest BCUT2D eigenvalue weighted by Crippen LogP contribution is -2.38. The number of fused-ring (bicyclic) bond motifs is 7. The van der Waals surface area contributed by atoms with Crippen molar-refractivity contribution in [2.24, 2.45) is 0 Å². The molecule has 2 spiro atoms. The minimum atomic E-state index is -0.345. The van der Waals surface area contributed by atoms with Gasteiger partial charge in [0.05, 0.1) is 22.9 Å². The highest BCUT2D eigenvalue weighted by Crippen LogP contribution is 2.61. The van der Waals surface area contributed by atoms with Gasteiger partial charge in [0.2, 0.25) is 0 Å². The van der Waals surface area contributed by atoms with Gasteiger partial charge in [0.1, 0.15) is 0 Å². The number of aromatic nitrogens is 1. The minimum absolute atomic E-state index is 0.315. The Morgan fingerprint density at radius 2 is 1.54 bits per heavy atom. The van der Waals surface area contributed by atoms with Crippen LogP contribution in [0.5, 0.6) is 0 Å². The quantitative estimate of drug-likeness (QED) is 0.353. The Hall–Kier alpha value is -2.73. The van der Waals surface area contributed by atoms with Gasteiger partial charge in [-0.15, -0.1) is 0 Å². The summed E-state index contributed by atoms with van der Waals surface area (Å²) in [5, 5.41) is 3.04. The largest absolute Gasteiger partial charge is 0.298 e. The first kappa shape index (κ1) is 16.2. The zero-order valence-electron chi connectivity index (χ0n) is 15.9. The van der Waals surface area contributed by atoms with Gasteiger partial charge >= 0.3 is 0 Å². The molecule has 3 aliphatic rings. The molecule has 0 amide bonds. The number of ketones is 1. The number of Topliss-reactive ketones (excluding diaryl/α,β-unsaturated/α-hetero) is 1. The van der Waals surface area contributed by atoms with Crippen molar-refractivity contribution in [3.8, 4) is 0 Å². The number of hydrogen-bond donors (Lipinski definition) is 0. The van der Waals surface area contributed by atoms with E-state index in [0.29, 0.717) is 11.5 Å². The predicted molar refractivity (Wildman–Crippen MR) is 111 cm³/mol. The summed E-state index contributed by atoms with van der Waals surface area (Å²) in [5.41, 5.74) is 3.39. The van der Waals surface area contributed by atoms with Crippen molar-refractivity contribution in [3.63, 3.8) is 0 Å². The number of rotatable bonds is 0. The molecule has 1 aromatic heterocycles. The van der Waals surface area contributed by atoms with Crippen LogP contribution in [0.4, 0.5) is 5.69 Å². The molecule has 6 rings (SSSR count). The summed E-state index contributed by atoms with van der Waals surface area (Å²) in [6, 6.07) is 10.1. The van der Waals surface area contributed by atoms with Crippen LogP contribution < -0.4 is 0 Å². The Morgan fingerprint density at radius 1 is 0.893 bits per heavy atom. The van der Waals surface area contributed by atoms with E-state index in [1.54, 1.807) is 0 Å². The van der Waals surface area contributed by atoms with Gasteiger partial charge in [0.25, 0.3) is 0 Å². The van der Waals surface area contributed by atoms with Crippen molar-refractivity contribution in [3.05, 3.63) is 59.1 Å². The second-order valence-corrected chi connectivity index (χ2v) is 8.90. The van der Waals surface area contributed by atoms with Gasteiger partial charge in [-0.3, -0.25) is 9.78 Å². The molecule has 0 saturated heterocycles. The first-order valence-electron chi connectivity index (χ1n) is 10.5. The van der Waals surface area contributed by atoms with Gasteiger partial charge in [-0.25, -0.2) is 4.85 Å². The highest BCUT2D eigenvalue weighted by molar-refractivity contribution is 6.16. The van der Waals surface area contributed by atoms with E-state index in [9.17, 15) is 4.79 Å². The predicted octanol–water partition coefficient (Wildman–Crippen LogP) is 6.15. The monoisotopic (exact) mass is 366 g/mol. The fraction of sp³-hybridized carbons (Fsp3) is 0.400. The maximum Gasteiger partial charge on any atom is 0.195 e. The normalized spacial score (nSPS) is 21.8. The van der Waals surface area contributed by atoms with Gasteiger partial charge in [0, 0.05) is 6.20 Å². The molecule has 138 valence electrons. The lowest BCUT2D eigenvalue weighted by atomic mass is 9.73. The summed E-state index contributed by atoms with van der Waals surface area (Å²) < 4.78 is 0. The van der Waals surface area contributed by atoms with Crippen LogP contribution in [0.15, 0.2) is 36.5 Å². The molecule has 2 aromatic carbocycles. The van der Waals surface area contributed by atoms with Crippen molar-refractivity contribution < 1.29 is 4.79 Å². The standard InChI is InChI=1S/C25H22N2O/c1-26-20-14-18-21-19(15-27-22(18)17-9-3-2-8-16(17)20)24(10-4-5-11-24)23(28)25(21)12-6-7-13-25/h2-3,8-9,14-15H,4-7,10-13H2. The molecule has 3 aromatic rings. The Labute approximate surface area is 164 Å². The van der Waals surface area contributed by atoms with Crippen LogP contribution in [0.2, 0.25) is 0 Å². The van der Waals surface area contributed by atoms with Crippen LogP contribution in [0.3, 0.4) is 0 Å². The van der Waals surface area contributed by atoms with E-state index in [1.807, 2.05) is 30.5 Å². The molecular formula is C25H22N2O. The number of nitrogens with zero attached hydrogens (tertiary/aromatic N) is 2. The van der Waals surface area contributed by atoms with Crippen LogP contribution in [0, 0.1) is 6.57 Å². The van der Waals surface area contributed by atoms with Crippen molar-refractivity contribution >= 4 is 33.1 Å². The van der Waals surface area contributed by atoms with Crippen LogP contribution in [-0.2, 0) is 15.6 Å². The summed E-state index contributed by atoms with van der Waals surface area (Å²) in [6.45, 7) is 7.74. The molecule has 0 radical (unpaired) electrons. The van der Waals surface area contributed by atoms with E-state index < -0.39 is 0 Å². The molecule has 2 saturated carbocycles. The molecule has 3 heteroatoms. The molecule has 28 heavy (non-hydrogen) atoms. The highest BCUT2D eigenvalue weighted by Gasteiger charge is 2.61. The average molecular weight is 366 g/mol. The average Bonchev–Trinajstić information content (AvgIpc) is 3.46. The summed E-state index contributed by atoms with van der Waals surface area (Å²) in [5.74, 6) is 0.469. The molecule has 0 bridgehead atoms. The van der Waals surface area contributed by atoms with Crippen LogP contribution >= 0.6 is 0 Å². The van der Waals surface area contributed by atoms with E-state index in [4.69, 9.17) is 11.6 Å². The lowest BCUT2D eigenvalue weighted by Gasteiger charge is -2.27. The smallest absolute Gasteiger partial charge is 0.195 e. The second-order valence-electron chi connectivity index (χ2n) is 8.90. The maximum absolute atomic E-state index is 14.0. The third-order valence-electron chi connectivity index (χ3n) is 7.75. The van der Waals surface area contributed by atoms with Crippen molar-refractivity contribution in [1.82, 2.24) is 4.98 Å². The third kappa shape index (κ3) is 1.75. The summed E-state index contributed by atoms with van der Waals surface area (Å²) >= 11 is 0. The molecule has 3 aliphatic carbocycles. The first-order chi connectivity index (χ1) is 13.7. The summed E-state index contributed by atoms with van der Waals surface area (Å²) in [4.78, 5) is 22.7. The van der Waals surface area contributed by atoms with E-state index >= 15 is 0 Å². The van der Waals surface area contributed by atoms with E-state index in [0.717, 1.165) is 73.0 Å². The first-order valence-corrected chi connectivity index (χ1v) is 10.5. The Kier molecular flexibility index (Phi) is 3.14. The van der Waals surface area contributed by atoms with Crippen molar-refractivity contribution in [2.45, 2.75) is 62.2 Å². The Balaban J connectivity index is 1.80. The molecule has 0 atom stereocenters. The second kappa shape index (κ2) is 5.41. The number of carbonyl (C=O) groups is 1. The number of carbonyl (C=O) groups excluding carboxylic acids is 1. The Bertz CT molecular complexity index is 1200. The Morgan fingerprint density at radius 3 is 2.21 bits per heavy atom. The van der Waals surface area contributed by atoms with Crippen molar-refractivity contribution in [1.29, 1.82) is 0 Å². The zero-order chi connectivity index (χ0) is 18.9. The molecule has 0 N–H and O–H groups in total. The lowest BCUT2D eigenvalue weighted by molar-refractivity contribution is -0.128. The molecule has 0 unspecified atom stereocenters. The number of benzene rings is 2. The fourth-order valence-corrected chi connectivity index (χ4v) is 6.60. The van der Waals surface area contributed by atoms with Crippen LogP contribution in [0.25, 0.3) is 26.5 Å². The molecule has 1 heterocycles. The van der Waals surface area contributed by atoms with Gasteiger partial charge < -0.3 is 0 Å². The number of pyridine rings is 1. The van der Waals surface area contributed by atoms with E-state index in [2.05, 4.69) is 10.9 Å². The molecular weight excluding hydrogens is 344 g/mol. The van der Waals surface area contributed by atoms with Crippen LogP contribution in [0.1, 0.15) is 62.5 Å². The highest BCUT2D eigenvalue weighted by atomic mass is 16.1. The molecule has 3 nitrogen and oxygen atoms in total. The van der Waals surface area contributed by atoms with E-state index in [-0.39, 0.29) is 10.8 Å². The zero-order valence-corrected chi connectivity index (χ0v) is 15.9.